The molecule has 0 spiro atoms. The fraction of sp³-hybridized carbons (Fsp3) is 0.500. The quantitative estimate of drug-likeness (QED) is 0.879. The predicted octanol–water partition coefficient (Wildman–Crippen LogP) is 2.72. The van der Waals surface area contributed by atoms with Gasteiger partial charge in [0.2, 0.25) is 0 Å². The summed E-state index contributed by atoms with van der Waals surface area (Å²) in [5.41, 5.74) is 4.69. The maximum Gasteiger partial charge on any atom is 0.0596 e. The summed E-state index contributed by atoms with van der Waals surface area (Å²) >= 11 is 0. The maximum atomic E-state index is 4.43. The van der Waals surface area contributed by atoms with Crippen molar-refractivity contribution in [3.05, 3.63) is 47.0 Å². The monoisotopic (exact) mass is 272 g/mol. The second kappa shape index (κ2) is 6.66. The lowest BCUT2D eigenvalue weighted by Crippen LogP contribution is -2.25. The Balaban J connectivity index is 2.24. The van der Waals surface area contributed by atoms with E-state index in [1.54, 1.807) is 0 Å². The van der Waals surface area contributed by atoms with Crippen molar-refractivity contribution >= 4 is 0 Å². The van der Waals surface area contributed by atoms with E-state index in [9.17, 15) is 0 Å². The van der Waals surface area contributed by atoms with Gasteiger partial charge in [-0.15, -0.1) is 0 Å². The Hall–Kier alpha value is -1.68. The summed E-state index contributed by atoms with van der Waals surface area (Å²) in [5, 5.41) is 8.06. The summed E-state index contributed by atoms with van der Waals surface area (Å²) in [6.45, 7) is 7.31. The first-order valence-electron chi connectivity index (χ1n) is 7.26. The number of pyridine rings is 1. The molecule has 2 aromatic rings. The first kappa shape index (κ1) is 14.7. The van der Waals surface area contributed by atoms with Gasteiger partial charge in [0.25, 0.3) is 0 Å². The molecule has 1 unspecified atom stereocenters. The molecule has 0 aliphatic carbocycles. The first-order chi connectivity index (χ1) is 9.61. The van der Waals surface area contributed by atoms with Crippen LogP contribution >= 0.6 is 0 Å². The molecular formula is C16H24N4. The summed E-state index contributed by atoms with van der Waals surface area (Å²) in [6, 6.07) is 6.63. The molecule has 4 heteroatoms. The van der Waals surface area contributed by atoms with Gasteiger partial charge in [-0.2, -0.15) is 5.10 Å². The molecule has 2 heterocycles. The van der Waals surface area contributed by atoms with Crippen LogP contribution in [0.5, 0.6) is 0 Å². The summed E-state index contributed by atoms with van der Waals surface area (Å²) in [5.74, 6) is 0. The van der Waals surface area contributed by atoms with Gasteiger partial charge in [-0.25, -0.2) is 0 Å². The second-order valence-electron chi connectivity index (χ2n) is 5.29. The molecule has 20 heavy (non-hydrogen) atoms. The minimum Gasteiger partial charge on any atom is -0.310 e. The molecule has 1 atom stereocenters. The zero-order valence-corrected chi connectivity index (χ0v) is 12.8. The van der Waals surface area contributed by atoms with E-state index in [0.717, 1.165) is 30.8 Å². The Bertz CT molecular complexity index is 559. The number of rotatable bonds is 6. The topological polar surface area (TPSA) is 42.7 Å². The van der Waals surface area contributed by atoms with Crippen LogP contribution in [-0.4, -0.2) is 21.3 Å². The van der Waals surface area contributed by atoms with E-state index in [4.69, 9.17) is 0 Å². The Kier molecular flexibility index (Phi) is 4.90. The smallest absolute Gasteiger partial charge is 0.0596 e. The Morgan fingerprint density at radius 2 is 2.15 bits per heavy atom. The summed E-state index contributed by atoms with van der Waals surface area (Å²) in [4.78, 5) is 4.41. The van der Waals surface area contributed by atoms with Crippen LogP contribution in [0.1, 0.15) is 42.0 Å². The van der Waals surface area contributed by atoms with Crippen LogP contribution in [0.15, 0.2) is 24.4 Å². The third-order valence-electron chi connectivity index (χ3n) is 3.58. The molecule has 0 aliphatic rings. The van der Waals surface area contributed by atoms with Crippen LogP contribution < -0.4 is 5.32 Å². The molecule has 4 nitrogen and oxygen atoms in total. The normalized spacial score (nSPS) is 12.6. The van der Waals surface area contributed by atoms with Crippen molar-refractivity contribution in [3.8, 4) is 0 Å². The number of aryl methyl sites for hydroxylation is 3. The van der Waals surface area contributed by atoms with E-state index in [-0.39, 0.29) is 0 Å². The Morgan fingerprint density at radius 3 is 2.75 bits per heavy atom. The molecule has 0 aliphatic heterocycles. The van der Waals surface area contributed by atoms with Gasteiger partial charge >= 0.3 is 0 Å². The van der Waals surface area contributed by atoms with Gasteiger partial charge in [-0.3, -0.25) is 9.67 Å². The highest BCUT2D eigenvalue weighted by molar-refractivity contribution is 5.25. The van der Waals surface area contributed by atoms with E-state index >= 15 is 0 Å². The van der Waals surface area contributed by atoms with Crippen molar-refractivity contribution in [2.24, 2.45) is 7.05 Å². The zero-order chi connectivity index (χ0) is 14.5. The van der Waals surface area contributed by atoms with Crippen LogP contribution in [0, 0.1) is 13.8 Å². The van der Waals surface area contributed by atoms with Crippen LogP contribution in [-0.2, 0) is 13.5 Å². The van der Waals surface area contributed by atoms with Crippen LogP contribution in [0.3, 0.4) is 0 Å². The lowest BCUT2D eigenvalue weighted by molar-refractivity contribution is 0.508. The highest BCUT2D eigenvalue weighted by Gasteiger charge is 2.16. The van der Waals surface area contributed by atoms with Gasteiger partial charge in [0.15, 0.2) is 0 Å². The van der Waals surface area contributed by atoms with Crippen LogP contribution in [0.25, 0.3) is 0 Å². The predicted molar refractivity (Wildman–Crippen MR) is 81.7 cm³/mol. The van der Waals surface area contributed by atoms with Gasteiger partial charge in [-0.05, 0) is 44.5 Å². The van der Waals surface area contributed by atoms with E-state index in [0.29, 0.717) is 6.04 Å². The molecule has 0 saturated heterocycles. The third-order valence-corrected chi connectivity index (χ3v) is 3.58. The molecule has 0 saturated carbocycles. The molecule has 0 bridgehead atoms. The minimum absolute atomic E-state index is 0.290. The minimum atomic E-state index is 0.290. The molecule has 2 aromatic heterocycles. The van der Waals surface area contributed by atoms with Gasteiger partial charge in [0.1, 0.15) is 0 Å². The fourth-order valence-electron chi connectivity index (χ4n) is 2.54. The molecule has 0 fully saturated rings. The fourth-order valence-corrected chi connectivity index (χ4v) is 2.54. The van der Waals surface area contributed by atoms with Crippen LogP contribution in [0.2, 0.25) is 0 Å². The van der Waals surface area contributed by atoms with Gasteiger partial charge < -0.3 is 5.32 Å². The van der Waals surface area contributed by atoms with E-state index in [1.807, 2.05) is 30.9 Å². The Morgan fingerprint density at radius 1 is 1.35 bits per heavy atom. The Labute approximate surface area is 121 Å². The molecule has 108 valence electrons. The average molecular weight is 272 g/mol. The lowest BCUT2D eigenvalue weighted by Gasteiger charge is -2.20. The molecule has 0 amide bonds. The lowest BCUT2D eigenvalue weighted by atomic mass is 10.0. The van der Waals surface area contributed by atoms with Gasteiger partial charge in [0, 0.05) is 37.1 Å². The number of aromatic nitrogens is 3. The van der Waals surface area contributed by atoms with Gasteiger partial charge in [0.05, 0.1) is 5.69 Å². The first-order valence-corrected chi connectivity index (χ1v) is 7.26. The largest absolute Gasteiger partial charge is 0.310 e. The SMILES string of the molecule is CCCNC(Cc1cc(C)nn1C)c1cccnc1C. The van der Waals surface area contributed by atoms with Crippen molar-refractivity contribution in [2.45, 2.75) is 39.7 Å². The summed E-state index contributed by atoms with van der Waals surface area (Å²) < 4.78 is 1.97. The average Bonchev–Trinajstić information content (AvgIpc) is 2.73. The third kappa shape index (κ3) is 3.45. The van der Waals surface area contributed by atoms with Crippen molar-refractivity contribution in [1.29, 1.82) is 0 Å². The molecule has 0 aromatic carbocycles. The maximum absolute atomic E-state index is 4.43. The number of hydrogen-bond acceptors (Lipinski definition) is 3. The summed E-state index contributed by atoms with van der Waals surface area (Å²) in [6.07, 6.45) is 3.91. The number of nitrogens with one attached hydrogen (secondary N) is 1. The van der Waals surface area contributed by atoms with Crippen molar-refractivity contribution in [1.82, 2.24) is 20.1 Å². The van der Waals surface area contributed by atoms with E-state index < -0.39 is 0 Å². The number of hydrogen-bond donors (Lipinski definition) is 1. The van der Waals surface area contributed by atoms with Crippen molar-refractivity contribution < 1.29 is 0 Å². The number of nitrogens with zero attached hydrogens (tertiary/aromatic N) is 3. The van der Waals surface area contributed by atoms with Gasteiger partial charge in [-0.1, -0.05) is 13.0 Å². The van der Waals surface area contributed by atoms with Crippen molar-refractivity contribution in [3.63, 3.8) is 0 Å². The zero-order valence-electron chi connectivity index (χ0n) is 12.8. The summed E-state index contributed by atoms with van der Waals surface area (Å²) in [7, 11) is 2.01. The molecule has 0 radical (unpaired) electrons. The standard InChI is InChI=1S/C16H24N4/c1-5-8-18-16(15-7-6-9-17-13(15)3)11-14-10-12(2)19-20(14)4/h6-7,9-10,16,18H,5,8,11H2,1-4H3. The van der Waals surface area contributed by atoms with Crippen LogP contribution in [0.4, 0.5) is 0 Å². The van der Waals surface area contributed by atoms with Crippen molar-refractivity contribution in [2.75, 3.05) is 6.54 Å². The highest BCUT2D eigenvalue weighted by Crippen LogP contribution is 2.20. The highest BCUT2D eigenvalue weighted by atomic mass is 15.3. The van der Waals surface area contributed by atoms with E-state index in [1.165, 1.54) is 11.3 Å². The molecular weight excluding hydrogens is 248 g/mol. The molecule has 1 N–H and O–H groups in total. The molecule has 2 rings (SSSR count). The second-order valence-corrected chi connectivity index (χ2v) is 5.29. The van der Waals surface area contributed by atoms with E-state index in [2.05, 4.69) is 41.4 Å².